The van der Waals surface area contributed by atoms with Crippen LogP contribution in [0.3, 0.4) is 0 Å². The molecule has 1 aromatic carbocycles. The quantitative estimate of drug-likeness (QED) is 0.383. The van der Waals surface area contributed by atoms with Crippen molar-refractivity contribution in [1.29, 1.82) is 0 Å². The fraction of sp³-hybridized carbons (Fsp3) is 0.222. The highest BCUT2D eigenvalue weighted by atomic mass is 35.5. The maximum Gasteiger partial charge on any atom is 0.243 e. The van der Waals surface area contributed by atoms with Gasteiger partial charge in [0.15, 0.2) is 0 Å². The Labute approximate surface area is 88.5 Å². The van der Waals surface area contributed by atoms with Gasteiger partial charge in [-0.1, -0.05) is 30.3 Å². The number of amides is 1. The predicted octanol–water partition coefficient (Wildman–Crippen LogP) is 0.174. The number of carbonyl (C=O) groups excluding carboxylic acids is 1. The van der Waals surface area contributed by atoms with Crippen LogP contribution in [0.25, 0.3) is 0 Å². The fourth-order valence-corrected chi connectivity index (χ4v) is 1.13. The molecule has 0 fully saturated rings. The van der Waals surface area contributed by atoms with Gasteiger partial charge in [-0.15, -0.1) is 12.4 Å². The Balaban J connectivity index is 0.00000169. The van der Waals surface area contributed by atoms with Crippen molar-refractivity contribution in [3.8, 4) is 0 Å². The molecule has 5 heteroatoms. The van der Waals surface area contributed by atoms with Gasteiger partial charge >= 0.3 is 0 Å². The lowest BCUT2D eigenvalue weighted by atomic mass is 10.00. The van der Waals surface area contributed by atoms with E-state index in [0.29, 0.717) is 0 Å². The van der Waals surface area contributed by atoms with E-state index < -0.39 is 5.92 Å². The summed E-state index contributed by atoms with van der Waals surface area (Å²) in [6.07, 6.45) is 0. The standard InChI is InChI=1S/C9H12N2O2.ClH/c10-11-9(13)8(6-12)7-4-2-1-3-5-7;/h1-5,8,12H,6,10H2,(H,11,13);1H. The van der Waals surface area contributed by atoms with Crippen molar-refractivity contribution in [3.63, 3.8) is 0 Å². The third-order valence-electron chi connectivity index (χ3n) is 1.84. The van der Waals surface area contributed by atoms with Gasteiger partial charge in [-0.2, -0.15) is 0 Å². The maximum atomic E-state index is 11.1. The molecule has 78 valence electrons. The molecule has 1 rings (SSSR count). The number of aliphatic hydroxyl groups is 1. The van der Waals surface area contributed by atoms with Crippen LogP contribution in [0.1, 0.15) is 11.5 Å². The number of nitrogens with one attached hydrogen (secondary N) is 1. The predicted molar refractivity (Wildman–Crippen MR) is 55.8 cm³/mol. The number of hydrazine groups is 1. The van der Waals surface area contributed by atoms with Crippen molar-refractivity contribution < 1.29 is 9.90 Å². The van der Waals surface area contributed by atoms with Crippen molar-refractivity contribution in [2.75, 3.05) is 6.61 Å². The van der Waals surface area contributed by atoms with Crippen molar-refractivity contribution in [3.05, 3.63) is 35.9 Å². The van der Waals surface area contributed by atoms with Crippen LogP contribution in [-0.2, 0) is 4.79 Å². The van der Waals surface area contributed by atoms with Crippen LogP contribution < -0.4 is 11.3 Å². The van der Waals surface area contributed by atoms with Gasteiger partial charge in [-0.25, -0.2) is 5.84 Å². The van der Waals surface area contributed by atoms with Crippen LogP contribution in [0.4, 0.5) is 0 Å². The molecule has 0 heterocycles. The Hall–Kier alpha value is -1.10. The zero-order chi connectivity index (χ0) is 9.68. The van der Waals surface area contributed by atoms with Gasteiger partial charge < -0.3 is 5.11 Å². The summed E-state index contributed by atoms with van der Waals surface area (Å²) < 4.78 is 0. The van der Waals surface area contributed by atoms with Crippen LogP contribution in [0.15, 0.2) is 30.3 Å². The van der Waals surface area contributed by atoms with Gasteiger partial charge in [-0.3, -0.25) is 10.2 Å². The van der Waals surface area contributed by atoms with E-state index in [1.54, 1.807) is 12.1 Å². The lowest BCUT2D eigenvalue weighted by Gasteiger charge is -2.11. The molecule has 4 nitrogen and oxygen atoms in total. The number of nitrogens with two attached hydrogens (primary N) is 1. The molecule has 1 atom stereocenters. The van der Waals surface area contributed by atoms with Crippen molar-refractivity contribution >= 4 is 18.3 Å². The van der Waals surface area contributed by atoms with Crippen LogP contribution in [0.2, 0.25) is 0 Å². The first-order valence-corrected chi connectivity index (χ1v) is 3.96. The molecule has 1 aromatic rings. The summed E-state index contributed by atoms with van der Waals surface area (Å²) in [5, 5.41) is 8.96. The van der Waals surface area contributed by atoms with E-state index in [2.05, 4.69) is 0 Å². The van der Waals surface area contributed by atoms with Crippen molar-refractivity contribution in [2.45, 2.75) is 5.92 Å². The molecule has 1 unspecified atom stereocenters. The summed E-state index contributed by atoms with van der Waals surface area (Å²) >= 11 is 0. The highest BCUT2D eigenvalue weighted by Gasteiger charge is 2.17. The largest absolute Gasteiger partial charge is 0.395 e. The van der Waals surface area contributed by atoms with Crippen LogP contribution in [0.5, 0.6) is 0 Å². The lowest BCUT2D eigenvalue weighted by Crippen LogP contribution is -2.36. The third-order valence-corrected chi connectivity index (χ3v) is 1.84. The van der Waals surface area contributed by atoms with Crippen LogP contribution in [-0.4, -0.2) is 17.6 Å². The molecule has 0 bridgehead atoms. The normalized spacial score (nSPS) is 11.3. The third kappa shape index (κ3) is 2.99. The monoisotopic (exact) mass is 216 g/mol. The summed E-state index contributed by atoms with van der Waals surface area (Å²) in [5.41, 5.74) is 2.77. The van der Waals surface area contributed by atoms with Gasteiger partial charge in [0, 0.05) is 0 Å². The fourth-order valence-electron chi connectivity index (χ4n) is 1.13. The number of benzene rings is 1. The molecule has 0 radical (unpaired) electrons. The Kier molecular flexibility index (Phi) is 5.87. The summed E-state index contributed by atoms with van der Waals surface area (Å²) in [4.78, 5) is 11.1. The molecule has 14 heavy (non-hydrogen) atoms. The summed E-state index contributed by atoms with van der Waals surface area (Å²) in [7, 11) is 0. The molecule has 0 aromatic heterocycles. The number of hydrogen-bond acceptors (Lipinski definition) is 3. The zero-order valence-electron chi connectivity index (χ0n) is 7.51. The Morgan fingerprint density at radius 1 is 1.43 bits per heavy atom. The Bertz CT molecular complexity index is 279. The van der Waals surface area contributed by atoms with Crippen molar-refractivity contribution in [2.24, 2.45) is 5.84 Å². The highest BCUT2D eigenvalue weighted by molar-refractivity contribution is 5.85. The number of aliphatic hydroxyl groups excluding tert-OH is 1. The van der Waals surface area contributed by atoms with Gasteiger partial charge in [0.1, 0.15) is 0 Å². The van der Waals surface area contributed by atoms with Gasteiger partial charge in [0.05, 0.1) is 12.5 Å². The Morgan fingerprint density at radius 3 is 2.43 bits per heavy atom. The first-order chi connectivity index (χ1) is 6.29. The molecular formula is C9H13ClN2O2. The van der Waals surface area contributed by atoms with Gasteiger partial charge in [0.25, 0.3) is 0 Å². The molecule has 4 N–H and O–H groups in total. The molecule has 0 spiro atoms. The second-order valence-corrected chi connectivity index (χ2v) is 2.65. The summed E-state index contributed by atoms with van der Waals surface area (Å²) in [6, 6.07) is 9.01. The van der Waals surface area contributed by atoms with E-state index in [0.717, 1.165) is 5.56 Å². The van der Waals surface area contributed by atoms with E-state index >= 15 is 0 Å². The number of carbonyl (C=O) groups is 1. The molecule has 0 aliphatic heterocycles. The molecule has 0 saturated heterocycles. The minimum atomic E-state index is -0.578. The maximum absolute atomic E-state index is 11.1. The highest BCUT2D eigenvalue weighted by Crippen LogP contribution is 2.13. The van der Waals surface area contributed by atoms with Crippen molar-refractivity contribution in [1.82, 2.24) is 5.43 Å². The molecular weight excluding hydrogens is 204 g/mol. The van der Waals surface area contributed by atoms with E-state index in [9.17, 15) is 4.79 Å². The lowest BCUT2D eigenvalue weighted by molar-refractivity contribution is -0.123. The summed E-state index contributed by atoms with van der Waals surface area (Å²) in [5.74, 6) is 4.02. The number of hydrogen-bond donors (Lipinski definition) is 3. The SMILES string of the molecule is Cl.NNC(=O)C(CO)c1ccccc1. The first kappa shape index (κ1) is 12.9. The Morgan fingerprint density at radius 2 is 2.00 bits per heavy atom. The molecule has 0 aliphatic carbocycles. The minimum Gasteiger partial charge on any atom is -0.395 e. The average Bonchev–Trinajstić information content (AvgIpc) is 2.20. The molecule has 1 amide bonds. The average molecular weight is 217 g/mol. The zero-order valence-corrected chi connectivity index (χ0v) is 8.33. The smallest absolute Gasteiger partial charge is 0.243 e. The van der Waals surface area contributed by atoms with E-state index in [-0.39, 0.29) is 24.9 Å². The van der Waals surface area contributed by atoms with Gasteiger partial charge in [0.2, 0.25) is 5.91 Å². The summed E-state index contributed by atoms with van der Waals surface area (Å²) in [6.45, 7) is -0.243. The first-order valence-electron chi connectivity index (χ1n) is 3.96. The van der Waals surface area contributed by atoms with Gasteiger partial charge in [-0.05, 0) is 5.56 Å². The molecule has 0 saturated carbocycles. The van der Waals surface area contributed by atoms with E-state index in [1.165, 1.54) is 0 Å². The van der Waals surface area contributed by atoms with Crippen LogP contribution in [0, 0.1) is 0 Å². The number of halogens is 1. The van der Waals surface area contributed by atoms with E-state index in [1.807, 2.05) is 23.6 Å². The van der Waals surface area contributed by atoms with Crippen LogP contribution >= 0.6 is 12.4 Å². The second-order valence-electron chi connectivity index (χ2n) is 2.65. The minimum absolute atomic E-state index is 0. The molecule has 0 aliphatic rings. The number of rotatable bonds is 3. The van der Waals surface area contributed by atoms with E-state index in [4.69, 9.17) is 10.9 Å². The topological polar surface area (TPSA) is 75.3 Å². The second kappa shape index (κ2) is 6.37.